The van der Waals surface area contributed by atoms with E-state index in [1.54, 1.807) is 11.1 Å². The molecule has 0 saturated carbocycles. The van der Waals surface area contributed by atoms with E-state index >= 15 is 0 Å². The van der Waals surface area contributed by atoms with Crippen molar-refractivity contribution < 1.29 is 9.53 Å². The van der Waals surface area contributed by atoms with E-state index in [0.29, 0.717) is 31.3 Å². The van der Waals surface area contributed by atoms with E-state index in [1.165, 1.54) is 18.6 Å². The third kappa shape index (κ3) is 3.65. The number of aromatic nitrogens is 4. The van der Waals surface area contributed by atoms with Crippen LogP contribution < -0.4 is 5.32 Å². The van der Waals surface area contributed by atoms with Crippen molar-refractivity contribution in [2.24, 2.45) is 0 Å². The molecule has 1 N–H and O–H groups in total. The lowest BCUT2D eigenvalue weighted by atomic mass is 10.2. The lowest BCUT2D eigenvalue weighted by Crippen LogP contribution is -2.44. The number of morpholine rings is 1. The van der Waals surface area contributed by atoms with Crippen molar-refractivity contribution in [3.63, 3.8) is 0 Å². The van der Waals surface area contributed by atoms with Crippen LogP contribution in [0.5, 0.6) is 0 Å². The summed E-state index contributed by atoms with van der Waals surface area (Å²) < 4.78 is 5.54. The highest BCUT2D eigenvalue weighted by Crippen LogP contribution is 2.23. The van der Waals surface area contributed by atoms with Crippen LogP contribution >= 0.6 is 0 Å². The molecule has 1 amide bonds. The summed E-state index contributed by atoms with van der Waals surface area (Å²) >= 11 is 0. The van der Waals surface area contributed by atoms with E-state index in [9.17, 15) is 4.79 Å². The quantitative estimate of drug-likeness (QED) is 0.904. The van der Waals surface area contributed by atoms with Crippen molar-refractivity contribution in [3.05, 3.63) is 42.4 Å². The van der Waals surface area contributed by atoms with Gasteiger partial charge in [-0.15, -0.1) is 0 Å². The fourth-order valence-electron chi connectivity index (χ4n) is 2.53. The van der Waals surface area contributed by atoms with Crippen molar-refractivity contribution in [1.82, 2.24) is 24.8 Å². The largest absolute Gasteiger partial charge is 0.377 e. The number of amides is 1. The van der Waals surface area contributed by atoms with Crippen molar-refractivity contribution in [3.8, 4) is 0 Å². The molecular weight excluding hydrogens is 308 g/mol. The lowest BCUT2D eigenvalue weighted by Gasteiger charge is -2.34. The minimum absolute atomic E-state index is 0.192. The van der Waals surface area contributed by atoms with Gasteiger partial charge in [0.2, 0.25) is 0 Å². The Morgan fingerprint density at radius 2 is 2.21 bits per heavy atom. The van der Waals surface area contributed by atoms with Gasteiger partial charge in [-0.25, -0.2) is 15.0 Å². The smallest absolute Gasteiger partial charge is 0.274 e. The molecule has 2 aromatic rings. The summed E-state index contributed by atoms with van der Waals surface area (Å²) in [4.78, 5) is 31.4. The van der Waals surface area contributed by atoms with Crippen molar-refractivity contribution in [2.45, 2.75) is 25.9 Å². The predicted octanol–water partition coefficient (Wildman–Crippen LogP) is 1.30. The number of nitrogens with zero attached hydrogens (tertiary/aromatic N) is 5. The number of hydrogen-bond donors (Lipinski definition) is 1. The minimum atomic E-state index is -0.345. The Morgan fingerprint density at radius 3 is 2.96 bits per heavy atom. The molecule has 3 rings (SSSR count). The van der Waals surface area contributed by atoms with Crippen molar-refractivity contribution in [2.75, 3.05) is 25.1 Å². The van der Waals surface area contributed by atoms with Crippen molar-refractivity contribution in [1.29, 1.82) is 0 Å². The topological polar surface area (TPSA) is 93.1 Å². The van der Waals surface area contributed by atoms with E-state index < -0.39 is 0 Å². The maximum Gasteiger partial charge on any atom is 0.274 e. The van der Waals surface area contributed by atoms with Crippen LogP contribution in [0.3, 0.4) is 0 Å². The molecule has 1 atom stereocenters. The van der Waals surface area contributed by atoms with Crippen LogP contribution in [0.1, 0.15) is 36.2 Å². The highest BCUT2D eigenvalue weighted by Gasteiger charge is 2.32. The zero-order valence-electron chi connectivity index (χ0n) is 13.7. The van der Waals surface area contributed by atoms with Gasteiger partial charge in [-0.05, 0) is 19.9 Å². The normalized spacial score (nSPS) is 17.8. The van der Waals surface area contributed by atoms with E-state index in [0.717, 1.165) is 5.82 Å². The predicted molar refractivity (Wildman–Crippen MR) is 87.4 cm³/mol. The molecule has 1 unspecified atom stereocenters. The van der Waals surface area contributed by atoms with Gasteiger partial charge in [0.1, 0.15) is 17.6 Å². The second-order valence-corrected chi connectivity index (χ2v) is 5.78. The standard InChI is InChI=1S/C16H20N6O2/c1-11(2)20-14-3-4-19-15(21-14)13-10-24-8-7-22(13)16(23)12-9-17-5-6-18-12/h3-6,9,11,13H,7-8,10H2,1-2H3,(H,19,20,21). The maximum atomic E-state index is 12.7. The Morgan fingerprint density at radius 1 is 1.33 bits per heavy atom. The van der Waals surface area contributed by atoms with Crippen LogP contribution in [0, 0.1) is 0 Å². The van der Waals surface area contributed by atoms with Gasteiger partial charge in [0, 0.05) is 31.2 Å². The summed E-state index contributed by atoms with van der Waals surface area (Å²) in [6.45, 7) is 5.37. The molecular formula is C16H20N6O2. The van der Waals surface area contributed by atoms with Gasteiger partial charge in [-0.1, -0.05) is 0 Å². The molecule has 1 aliphatic heterocycles. The summed E-state index contributed by atoms with van der Waals surface area (Å²) in [5.41, 5.74) is 0.306. The Labute approximate surface area is 140 Å². The molecule has 24 heavy (non-hydrogen) atoms. The second-order valence-electron chi connectivity index (χ2n) is 5.78. The average Bonchev–Trinajstić information content (AvgIpc) is 2.61. The van der Waals surface area contributed by atoms with Gasteiger partial charge < -0.3 is 15.0 Å². The Bertz CT molecular complexity index is 694. The molecule has 2 aromatic heterocycles. The fourth-order valence-corrected chi connectivity index (χ4v) is 2.53. The fraction of sp³-hybridized carbons (Fsp3) is 0.438. The number of nitrogens with one attached hydrogen (secondary N) is 1. The summed E-state index contributed by atoms with van der Waals surface area (Å²) in [6, 6.07) is 1.72. The van der Waals surface area contributed by atoms with Gasteiger partial charge in [0.05, 0.1) is 19.4 Å². The van der Waals surface area contributed by atoms with Crippen LogP contribution in [0.2, 0.25) is 0 Å². The summed E-state index contributed by atoms with van der Waals surface area (Å²) in [5.74, 6) is 1.09. The summed E-state index contributed by atoms with van der Waals surface area (Å²) in [7, 11) is 0. The first-order valence-corrected chi connectivity index (χ1v) is 7.89. The highest BCUT2D eigenvalue weighted by atomic mass is 16.5. The monoisotopic (exact) mass is 328 g/mol. The number of hydrogen-bond acceptors (Lipinski definition) is 7. The Kier molecular flexibility index (Phi) is 4.95. The minimum Gasteiger partial charge on any atom is -0.377 e. The first kappa shape index (κ1) is 16.3. The first-order chi connectivity index (χ1) is 11.6. The van der Waals surface area contributed by atoms with Gasteiger partial charge in [0.25, 0.3) is 5.91 Å². The third-order valence-corrected chi connectivity index (χ3v) is 3.58. The lowest BCUT2D eigenvalue weighted by molar-refractivity contribution is -0.00552. The average molecular weight is 328 g/mol. The van der Waals surface area contributed by atoms with Gasteiger partial charge in [0.15, 0.2) is 5.82 Å². The van der Waals surface area contributed by atoms with E-state index in [2.05, 4.69) is 25.3 Å². The number of ether oxygens (including phenoxy) is 1. The SMILES string of the molecule is CC(C)Nc1ccnc(C2COCCN2C(=O)c2cnccn2)n1. The van der Waals surface area contributed by atoms with Gasteiger partial charge >= 0.3 is 0 Å². The molecule has 1 aliphatic rings. The third-order valence-electron chi connectivity index (χ3n) is 3.58. The first-order valence-electron chi connectivity index (χ1n) is 7.89. The van der Waals surface area contributed by atoms with Crippen molar-refractivity contribution >= 4 is 11.7 Å². The van der Waals surface area contributed by atoms with Crippen LogP contribution in [0.4, 0.5) is 5.82 Å². The molecule has 0 spiro atoms. The molecule has 0 aromatic carbocycles. The molecule has 0 radical (unpaired) electrons. The number of carbonyl (C=O) groups is 1. The number of anilines is 1. The van der Waals surface area contributed by atoms with E-state index in [4.69, 9.17) is 4.74 Å². The molecule has 126 valence electrons. The van der Waals surface area contributed by atoms with Crippen LogP contribution in [0.25, 0.3) is 0 Å². The second kappa shape index (κ2) is 7.31. The zero-order chi connectivity index (χ0) is 16.9. The van der Waals surface area contributed by atoms with E-state index in [1.807, 2.05) is 19.9 Å². The summed E-state index contributed by atoms with van der Waals surface area (Å²) in [6.07, 6.45) is 6.20. The maximum absolute atomic E-state index is 12.7. The van der Waals surface area contributed by atoms with Crippen LogP contribution in [0.15, 0.2) is 30.9 Å². The molecule has 1 fully saturated rings. The Hall–Kier alpha value is -2.61. The van der Waals surface area contributed by atoms with Crippen LogP contribution in [-0.2, 0) is 4.74 Å². The Balaban J connectivity index is 1.86. The van der Waals surface area contributed by atoms with Gasteiger partial charge in [-0.2, -0.15) is 0 Å². The zero-order valence-corrected chi connectivity index (χ0v) is 13.7. The van der Waals surface area contributed by atoms with Crippen LogP contribution in [-0.4, -0.2) is 56.5 Å². The molecule has 8 nitrogen and oxygen atoms in total. The molecule has 8 heteroatoms. The highest BCUT2D eigenvalue weighted by molar-refractivity contribution is 5.92. The van der Waals surface area contributed by atoms with Gasteiger partial charge in [-0.3, -0.25) is 9.78 Å². The number of rotatable bonds is 4. The summed E-state index contributed by atoms with van der Waals surface area (Å²) in [5, 5.41) is 3.24. The molecule has 3 heterocycles. The molecule has 0 aliphatic carbocycles. The van der Waals surface area contributed by atoms with E-state index in [-0.39, 0.29) is 18.0 Å². The number of carbonyl (C=O) groups excluding carboxylic acids is 1. The molecule has 0 bridgehead atoms. The molecule has 1 saturated heterocycles.